The molecule has 3 heteroatoms. The van der Waals surface area contributed by atoms with Gasteiger partial charge in [0.05, 0.1) is 0 Å². The van der Waals surface area contributed by atoms with Crippen molar-refractivity contribution in [2.24, 2.45) is 5.73 Å². The summed E-state index contributed by atoms with van der Waals surface area (Å²) in [6.07, 6.45) is 3.84. The summed E-state index contributed by atoms with van der Waals surface area (Å²) in [4.78, 5) is 14.5. The second-order valence-corrected chi connectivity index (χ2v) is 2.51. The van der Waals surface area contributed by atoms with Crippen molar-refractivity contribution < 1.29 is 4.79 Å². The molecular formula is C9H10N2O. The number of pyridine rings is 1. The third kappa shape index (κ3) is 2.20. The quantitative estimate of drug-likeness (QED) is 0.664. The Morgan fingerprint density at radius 2 is 2.42 bits per heavy atom. The highest BCUT2D eigenvalue weighted by molar-refractivity contribution is 5.91. The lowest BCUT2D eigenvalue weighted by Crippen LogP contribution is -2.14. The molecule has 1 rings (SSSR count). The molecule has 1 amide bonds. The molecule has 1 aromatic rings. The SMILES string of the molecule is C=C(Cc1cccnc1)C(N)=O. The van der Waals surface area contributed by atoms with Crippen LogP contribution in [0, 0.1) is 0 Å². The molecule has 0 aromatic carbocycles. The normalized spacial score (nSPS) is 9.33. The Bertz CT molecular complexity index is 293. The molecule has 3 nitrogen and oxygen atoms in total. The van der Waals surface area contributed by atoms with Crippen LogP contribution in [0.5, 0.6) is 0 Å². The predicted octanol–water partition coefficient (Wildman–Crippen LogP) is 0.666. The molecule has 0 unspecified atom stereocenters. The minimum atomic E-state index is -0.459. The van der Waals surface area contributed by atoms with Crippen LogP contribution in [0.4, 0.5) is 0 Å². The van der Waals surface area contributed by atoms with E-state index in [0.29, 0.717) is 12.0 Å². The molecule has 0 bridgehead atoms. The van der Waals surface area contributed by atoms with Gasteiger partial charge in [-0.1, -0.05) is 12.6 Å². The van der Waals surface area contributed by atoms with E-state index in [-0.39, 0.29) is 0 Å². The third-order valence-corrected chi connectivity index (χ3v) is 1.49. The predicted molar refractivity (Wildman–Crippen MR) is 46.3 cm³/mol. The van der Waals surface area contributed by atoms with Crippen LogP contribution in [0.15, 0.2) is 36.7 Å². The molecule has 0 fully saturated rings. The monoisotopic (exact) mass is 162 g/mol. The Balaban J connectivity index is 2.65. The maximum Gasteiger partial charge on any atom is 0.244 e. The number of nitrogens with two attached hydrogens (primary N) is 1. The van der Waals surface area contributed by atoms with Crippen LogP contribution in [0.1, 0.15) is 5.56 Å². The molecule has 2 N–H and O–H groups in total. The lowest BCUT2D eigenvalue weighted by molar-refractivity contribution is -0.114. The zero-order valence-electron chi connectivity index (χ0n) is 6.66. The molecule has 0 saturated heterocycles. The fourth-order valence-corrected chi connectivity index (χ4v) is 0.836. The summed E-state index contributed by atoms with van der Waals surface area (Å²) in [5.74, 6) is -0.459. The van der Waals surface area contributed by atoms with Crippen molar-refractivity contribution >= 4 is 5.91 Å². The van der Waals surface area contributed by atoms with E-state index in [1.807, 2.05) is 12.1 Å². The van der Waals surface area contributed by atoms with E-state index < -0.39 is 5.91 Å². The number of primary amides is 1. The van der Waals surface area contributed by atoms with E-state index in [2.05, 4.69) is 11.6 Å². The zero-order valence-corrected chi connectivity index (χ0v) is 6.66. The summed E-state index contributed by atoms with van der Waals surface area (Å²) < 4.78 is 0. The van der Waals surface area contributed by atoms with Crippen LogP contribution in [0.2, 0.25) is 0 Å². The van der Waals surface area contributed by atoms with Crippen molar-refractivity contribution in [1.82, 2.24) is 4.98 Å². The number of carbonyl (C=O) groups excluding carboxylic acids is 1. The topological polar surface area (TPSA) is 56.0 Å². The maximum atomic E-state index is 10.6. The largest absolute Gasteiger partial charge is 0.366 e. The Kier molecular flexibility index (Phi) is 2.58. The fraction of sp³-hybridized carbons (Fsp3) is 0.111. The lowest BCUT2D eigenvalue weighted by Gasteiger charge is -1.99. The summed E-state index contributed by atoms with van der Waals surface area (Å²) in [5, 5.41) is 0. The Morgan fingerprint density at radius 1 is 1.67 bits per heavy atom. The van der Waals surface area contributed by atoms with Crippen LogP contribution >= 0.6 is 0 Å². The van der Waals surface area contributed by atoms with Gasteiger partial charge in [0, 0.05) is 24.4 Å². The lowest BCUT2D eigenvalue weighted by atomic mass is 10.1. The van der Waals surface area contributed by atoms with Crippen molar-refractivity contribution in [2.75, 3.05) is 0 Å². The Morgan fingerprint density at radius 3 is 2.92 bits per heavy atom. The number of rotatable bonds is 3. The van der Waals surface area contributed by atoms with Crippen LogP contribution in [-0.2, 0) is 11.2 Å². The molecule has 1 heterocycles. The van der Waals surface area contributed by atoms with Gasteiger partial charge in [-0.15, -0.1) is 0 Å². The van der Waals surface area contributed by atoms with Gasteiger partial charge in [-0.3, -0.25) is 9.78 Å². The van der Waals surface area contributed by atoms with E-state index >= 15 is 0 Å². The molecular weight excluding hydrogens is 152 g/mol. The molecule has 0 saturated carbocycles. The van der Waals surface area contributed by atoms with Crippen LogP contribution in [0.25, 0.3) is 0 Å². The van der Waals surface area contributed by atoms with Gasteiger partial charge in [0.15, 0.2) is 0 Å². The minimum absolute atomic E-state index is 0.406. The summed E-state index contributed by atoms with van der Waals surface area (Å²) in [5.41, 5.74) is 6.38. The third-order valence-electron chi connectivity index (χ3n) is 1.49. The van der Waals surface area contributed by atoms with Gasteiger partial charge in [-0.25, -0.2) is 0 Å². The zero-order chi connectivity index (χ0) is 8.97. The first-order valence-corrected chi connectivity index (χ1v) is 3.56. The first kappa shape index (κ1) is 8.46. The summed E-state index contributed by atoms with van der Waals surface area (Å²) in [6.45, 7) is 3.55. The molecule has 0 aliphatic carbocycles. The Labute approximate surface area is 70.9 Å². The van der Waals surface area contributed by atoms with Crippen LogP contribution in [0.3, 0.4) is 0 Å². The number of carbonyl (C=O) groups is 1. The van der Waals surface area contributed by atoms with Crippen molar-refractivity contribution in [2.45, 2.75) is 6.42 Å². The highest BCUT2D eigenvalue weighted by atomic mass is 16.1. The molecule has 0 radical (unpaired) electrons. The van der Waals surface area contributed by atoms with Gasteiger partial charge < -0.3 is 5.73 Å². The van der Waals surface area contributed by atoms with Crippen molar-refractivity contribution in [1.29, 1.82) is 0 Å². The number of hydrogen-bond donors (Lipinski definition) is 1. The van der Waals surface area contributed by atoms with E-state index in [1.165, 1.54) is 0 Å². The second-order valence-electron chi connectivity index (χ2n) is 2.51. The van der Waals surface area contributed by atoms with E-state index in [4.69, 9.17) is 5.73 Å². The minimum Gasteiger partial charge on any atom is -0.366 e. The standard InChI is InChI=1S/C9H10N2O/c1-7(9(10)12)5-8-3-2-4-11-6-8/h2-4,6H,1,5H2,(H2,10,12). The number of hydrogen-bond acceptors (Lipinski definition) is 2. The van der Waals surface area contributed by atoms with Crippen molar-refractivity contribution in [3.63, 3.8) is 0 Å². The van der Waals surface area contributed by atoms with E-state index in [0.717, 1.165) is 5.56 Å². The first-order valence-electron chi connectivity index (χ1n) is 3.56. The van der Waals surface area contributed by atoms with Crippen LogP contribution in [-0.4, -0.2) is 10.9 Å². The number of aromatic nitrogens is 1. The van der Waals surface area contributed by atoms with Gasteiger partial charge in [-0.05, 0) is 11.6 Å². The molecule has 0 atom stereocenters. The van der Waals surface area contributed by atoms with Gasteiger partial charge in [0.25, 0.3) is 0 Å². The molecule has 0 aliphatic heterocycles. The summed E-state index contributed by atoms with van der Waals surface area (Å²) in [7, 11) is 0. The maximum absolute atomic E-state index is 10.6. The molecule has 12 heavy (non-hydrogen) atoms. The van der Waals surface area contributed by atoms with Crippen LogP contribution < -0.4 is 5.73 Å². The van der Waals surface area contributed by atoms with Gasteiger partial charge >= 0.3 is 0 Å². The number of nitrogens with zero attached hydrogens (tertiary/aromatic N) is 1. The van der Waals surface area contributed by atoms with Crippen molar-refractivity contribution in [3.8, 4) is 0 Å². The first-order chi connectivity index (χ1) is 5.70. The molecule has 0 aliphatic rings. The molecule has 1 aromatic heterocycles. The highest BCUT2D eigenvalue weighted by Gasteiger charge is 2.01. The van der Waals surface area contributed by atoms with E-state index in [9.17, 15) is 4.79 Å². The highest BCUT2D eigenvalue weighted by Crippen LogP contribution is 2.03. The summed E-state index contributed by atoms with van der Waals surface area (Å²) >= 11 is 0. The van der Waals surface area contributed by atoms with Gasteiger partial charge in [0.1, 0.15) is 0 Å². The summed E-state index contributed by atoms with van der Waals surface area (Å²) in [6, 6.07) is 3.69. The van der Waals surface area contributed by atoms with Crippen molar-refractivity contribution in [3.05, 3.63) is 42.2 Å². The molecule has 0 spiro atoms. The average molecular weight is 162 g/mol. The Hall–Kier alpha value is -1.64. The number of amides is 1. The van der Waals surface area contributed by atoms with E-state index in [1.54, 1.807) is 12.4 Å². The second kappa shape index (κ2) is 3.67. The van der Waals surface area contributed by atoms with Gasteiger partial charge in [-0.2, -0.15) is 0 Å². The molecule has 62 valence electrons. The van der Waals surface area contributed by atoms with Gasteiger partial charge in [0.2, 0.25) is 5.91 Å². The smallest absolute Gasteiger partial charge is 0.244 e. The average Bonchev–Trinajstić information content (AvgIpc) is 2.06. The fourth-order valence-electron chi connectivity index (χ4n) is 0.836.